The fourth-order valence-corrected chi connectivity index (χ4v) is 2.41. The van der Waals surface area contributed by atoms with E-state index in [2.05, 4.69) is 0 Å². The van der Waals surface area contributed by atoms with Crippen LogP contribution in [0.25, 0.3) is 0 Å². The van der Waals surface area contributed by atoms with Gasteiger partial charge < -0.3 is 0 Å². The van der Waals surface area contributed by atoms with Crippen LogP contribution in [0.3, 0.4) is 0 Å². The van der Waals surface area contributed by atoms with Crippen LogP contribution in [0.4, 0.5) is 8.78 Å². The minimum Gasteiger partial charge on any atom is -0.288 e. The number of hydrogen-bond acceptors (Lipinski definition) is 2. The average Bonchev–Trinajstić information content (AvgIpc) is 2.69. The van der Waals surface area contributed by atoms with Gasteiger partial charge in [0.25, 0.3) is 0 Å². The molecule has 0 amide bonds. The quantitative estimate of drug-likeness (QED) is 0.586. The van der Waals surface area contributed by atoms with Gasteiger partial charge in [-0.2, -0.15) is 0 Å². The molecular formula is C11H4Cl2F2OS. The standard InChI is InChI=1S/C11H4Cl2F2OS/c12-6-4-7(14)5(3-8(6)15)11(16)9-1-2-10(13)17-9/h1-4H. The van der Waals surface area contributed by atoms with E-state index in [1.54, 1.807) is 0 Å². The molecule has 0 aliphatic heterocycles. The van der Waals surface area contributed by atoms with Crippen LogP contribution in [-0.4, -0.2) is 5.78 Å². The summed E-state index contributed by atoms with van der Waals surface area (Å²) in [5.41, 5.74) is -0.356. The maximum atomic E-state index is 13.5. The van der Waals surface area contributed by atoms with E-state index >= 15 is 0 Å². The Balaban J connectivity index is 2.47. The van der Waals surface area contributed by atoms with Gasteiger partial charge in [-0.05, 0) is 24.3 Å². The molecule has 1 nitrogen and oxygen atoms in total. The molecule has 0 fully saturated rings. The van der Waals surface area contributed by atoms with Crippen molar-refractivity contribution in [2.75, 3.05) is 0 Å². The van der Waals surface area contributed by atoms with Crippen LogP contribution in [-0.2, 0) is 0 Å². The summed E-state index contributed by atoms with van der Waals surface area (Å²) in [5.74, 6) is -2.31. The molecule has 1 aromatic heterocycles. The molecule has 0 aliphatic rings. The second-order valence-electron chi connectivity index (χ2n) is 3.18. The third-order valence-corrected chi connectivity index (χ3v) is 3.57. The van der Waals surface area contributed by atoms with Crippen molar-refractivity contribution in [2.24, 2.45) is 0 Å². The molecule has 17 heavy (non-hydrogen) atoms. The summed E-state index contributed by atoms with van der Waals surface area (Å²) in [6, 6.07) is 4.54. The number of hydrogen-bond donors (Lipinski definition) is 0. The zero-order chi connectivity index (χ0) is 12.6. The highest BCUT2D eigenvalue weighted by molar-refractivity contribution is 7.18. The van der Waals surface area contributed by atoms with E-state index in [9.17, 15) is 13.6 Å². The van der Waals surface area contributed by atoms with Crippen molar-refractivity contribution in [1.82, 2.24) is 0 Å². The van der Waals surface area contributed by atoms with Crippen molar-refractivity contribution in [2.45, 2.75) is 0 Å². The monoisotopic (exact) mass is 292 g/mol. The zero-order valence-corrected chi connectivity index (χ0v) is 10.5. The van der Waals surface area contributed by atoms with Gasteiger partial charge in [0.15, 0.2) is 0 Å². The SMILES string of the molecule is O=C(c1ccc(Cl)s1)c1cc(F)c(Cl)cc1F. The summed E-state index contributed by atoms with van der Waals surface area (Å²) >= 11 is 12.1. The van der Waals surface area contributed by atoms with Crippen LogP contribution in [0.2, 0.25) is 9.36 Å². The van der Waals surface area contributed by atoms with Gasteiger partial charge in [0.1, 0.15) is 11.6 Å². The first-order chi connectivity index (χ1) is 7.99. The highest BCUT2D eigenvalue weighted by atomic mass is 35.5. The van der Waals surface area contributed by atoms with Crippen LogP contribution in [0.1, 0.15) is 15.2 Å². The van der Waals surface area contributed by atoms with Crippen molar-refractivity contribution < 1.29 is 13.6 Å². The molecule has 2 rings (SSSR count). The molecule has 0 spiro atoms. The lowest BCUT2D eigenvalue weighted by atomic mass is 10.1. The van der Waals surface area contributed by atoms with Crippen molar-refractivity contribution in [3.05, 3.63) is 55.7 Å². The number of thiophene rings is 1. The maximum absolute atomic E-state index is 13.5. The van der Waals surface area contributed by atoms with Crippen LogP contribution in [0, 0.1) is 11.6 Å². The van der Waals surface area contributed by atoms with Gasteiger partial charge in [-0.3, -0.25) is 4.79 Å². The summed E-state index contributed by atoms with van der Waals surface area (Å²) in [6.07, 6.45) is 0. The predicted octanol–water partition coefficient (Wildman–Crippen LogP) is 4.56. The number of carbonyl (C=O) groups is 1. The Morgan fingerprint density at radius 2 is 1.82 bits per heavy atom. The molecule has 0 atom stereocenters. The fraction of sp³-hybridized carbons (Fsp3) is 0. The van der Waals surface area contributed by atoms with Gasteiger partial charge in [-0.25, -0.2) is 8.78 Å². The Bertz CT molecular complexity index is 595. The van der Waals surface area contributed by atoms with Gasteiger partial charge in [0, 0.05) is 0 Å². The molecule has 0 saturated heterocycles. The van der Waals surface area contributed by atoms with Crippen LogP contribution < -0.4 is 0 Å². The molecule has 0 unspecified atom stereocenters. The van der Waals surface area contributed by atoms with E-state index in [0.29, 0.717) is 4.34 Å². The van der Waals surface area contributed by atoms with Crippen molar-refractivity contribution in [3.63, 3.8) is 0 Å². The number of ketones is 1. The smallest absolute Gasteiger partial charge is 0.206 e. The third kappa shape index (κ3) is 2.49. The van der Waals surface area contributed by atoms with Crippen LogP contribution >= 0.6 is 34.5 Å². The molecule has 0 bridgehead atoms. The Hall–Kier alpha value is -0.970. The summed E-state index contributed by atoms with van der Waals surface area (Å²) in [5, 5.41) is -0.358. The van der Waals surface area contributed by atoms with Gasteiger partial charge in [-0.1, -0.05) is 23.2 Å². The van der Waals surface area contributed by atoms with Gasteiger partial charge in [0.05, 0.1) is 19.8 Å². The molecule has 0 radical (unpaired) electrons. The number of benzene rings is 1. The number of carbonyl (C=O) groups excluding carboxylic acids is 1. The molecule has 88 valence electrons. The minimum absolute atomic E-state index is 0.246. The first kappa shape index (κ1) is 12.5. The minimum atomic E-state index is -0.856. The summed E-state index contributed by atoms with van der Waals surface area (Å²) < 4.78 is 27.0. The van der Waals surface area contributed by atoms with Crippen molar-refractivity contribution >= 4 is 40.3 Å². The second-order valence-corrected chi connectivity index (χ2v) is 5.30. The second kappa shape index (κ2) is 4.72. The Kier molecular flexibility index (Phi) is 3.47. The molecule has 0 N–H and O–H groups in total. The summed E-state index contributed by atoms with van der Waals surface area (Å²) in [7, 11) is 0. The van der Waals surface area contributed by atoms with Crippen molar-refractivity contribution in [3.8, 4) is 0 Å². The molecule has 0 saturated carbocycles. The zero-order valence-electron chi connectivity index (χ0n) is 8.14. The largest absolute Gasteiger partial charge is 0.288 e. The van der Waals surface area contributed by atoms with E-state index in [1.165, 1.54) is 12.1 Å². The predicted molar refractivity (Wildman–Crippen MR) is 64.1 cm³/mol. The number of halogens is 4. The van der Waals surface area contributed by atoms with Crippen molar-refractivity contribution in [1.29, 1.82) is 0 Å². The first-order valence-electron chi connectivity index (χ1n) is 4.43. The molecule has 1 heterocycles. The highest BCUT2D eigenvalue weighted by Gasteiger charge is 2.18. The van der Waals surface area contributed by atoms with Gasteiger partial charge >= 0.3 is 0 Å². The van der Waals surface area contributed by atoms with E-state index < -0.39 is 17.4 Å². The average molecular weight is 293 g/mol. The topological polar surface area (TPSA) is 17.1 Å². The lowest BCUT2D eigenvalue weighted by molar-refractivity contribution is 0.103. The van der Waals surface area contributed by atoms with E-state index in [4.69, 9.17) is 23.2 Å². The Morgan fingerprint density at radius 1 is 1.12 bits per heavy atom. The lowest BCUT2D eigenvalue weighted by Gasteiger charge is -2.02. The molecular weight excluding hydrogens is 289 g/mol. The summed E-state index contributed by atoms with van der Waals surface area (Å²) in [6.45, 7) is 0. The summed E-state index contributed by atoms with van der Waals surface area (Å²) in [4.78, 5) is 12.1. The lowest BCUT2D eigenvalue weighted by Crippen LogP contribution is -2.03. The van der Waals surface area contributed by atoms with E-state index in [1.807, 2.05) is 0 Å². The molecule has 6 heteroatoms. The van der Waals surface area contributed by atoms with Gasteiger partial charge in [0.2, 0.25) is 5.78 Å². The maximum Gasteiger partial charge on any atom is 0.206 e. The third-order valence-electron chi connectivity index (χ3n) is 2.05. The highest BCUT2D eigenvalue weighted by Crippen LogP contribution is 2.26. The molecule has 0 aliphatic carbocycles. The van der Waals surface area contributed by atoms with E-state index in [0.717, 1.165) is 23.5 Å². The van der Waals surface area contributed by atoms with E-state index in [-0.39, 0.29) is 15.5 Å². The Morgan fingerprint density at radius 3 is 2.41 bits per heavy atom. The first-order valence-corrected chi connectivity index (χ1v) is 6.01. The molecule has 2 aromatic rings. The number of rotatable bonds is 2. The fourth-order valence-electron chi connectivity index (χ4n) is 1.27. The van der Waals surface area contributed by atoms with Crippen LogP contribution in [0.5, 0.6) is 0 Å². The Labute approximate surface area is 110 Å². The normalized spacial score (nSPS) is 10.6. The molecule has 1 aromatic carbocycles. The van der Waals surface area contributed by atoms with Gasteiger partial charge in [-0.15, -0.1) is 11.3 Å². The van der Waals surface area contributed by atoms with Crippen LogP contribution in [0.15, 0.2) is 24.3 Å².